The van der Waals surface area contributed by atoms with Gasteiger partial charge >= 0.3 is 0 Å². The number of aromatic nitrogens is 2. The molecular formula is C15H11ClN2O2. The predicted octanol–water partition coefficient (Wildman–Crippen LogP) is 3.87. The lowest BCUT2D eigenvalue weighted by molar-refractivity contribution is 0.105. The van der Waals surface area contributed by atoms with Gasteiger partial charge in [0, 0.05) is 17.5 Å². The number of benzene rings is 1. The molecule has 0 saturated heterocycles. The van der Waals surface area contributed by atoms with E-state index < -0.39 is 5.24 Å². The zero-order chi connectivity index (χ0) is 13.7. The highest BCUT2D eigenvalue weighted by Crippen LogP contribution is 2.40. The molecule has 1 saturated carbocycles. The van der Waals surface area contributed by atoms with Crippen LogP contribution in [0.3, 0.4) is 0 Å². The fourth-order valence-electron chi connectivity index (χ4n) is 2.47. The van der Waals surface area contributed by atoms with E-state index in [2.05, 4.69) is 4.98 Å². The number of halogens is 1. The average molecular weight is 287 g/mol. The van der Waals surface area contributed by atoms with Crippen molar-refractivity contribution in [2.45, 2.75) is 18.8 Å². The van der Waals surface area contributed by atoms with Crippen LogP contribution in [0.1, 0.15) is 35.0 Å². The van der Waals surface area contributed by atoms with Crippen LogP contribution in [0.4, 0.5) is 0 Å². The first-order valence-electron chi connectivity index (χ1n) is 6.49. The van der Waals surface area contributed by atoms with Crippen LogP contribution in [0, 0.1) is 0 Å². The van der Waals surface area contributed by atoms with Gasteiger partial charge in [0.05, 0.1) is 12.0 Å². The van der Waals surface area contributed by atoms with Gasteiger partial charge in [-0.3, -0.25) is 4.79 Å². The summed E-state index contributed by atoms with van der Waals surface area (Å²) in [6.45, 7) is 0. The summed E-state index contributed by atoms with van der Waals surface area (Å²) < 4.78 is 7.40. The lowest BCUT2D eigenvalue weighted by Crippen LogP contribution is -1.96. The van der Waals surface area contributed by atoms with Gasteiger partial charge in [-0.25, -0.2) is 4.98 Å². The van der Waals surface area contributed by atoms with Gasteiger partial charge in [0.2, 0.25) is 5.76 Å². The molecule has 0 N–H and O–H groups in total. The first-order valence-corrected chi connectivity index (χ1v) is 6.87. The summed E-state index contributed by atoms with van der Waals surface area (Å²) in [5, 5.41) is 0.258. The monoisotopic (exact) mass is 286 g/mol. The van der Waals surface area contributed by atoms with Crippen molar-refractivity contribution >= 4 is 27.8 Å². The molecule has 0 unspecified atom stereocenters. The molecule has 20 heavy (non-hydrogen) atoms. The fraction of sp³-hybridized carbons (Fsp3) is 0.200. The number of hydrogen-bond donors (Lipinski definition) is 0. The van der Waals surface area contributed by atoms with E-state index in [1.807, 2.05) is 35.0 Å². The molecule has 1 aliphatic carbocycles. The van der Waals surface area contributed by atoms with E-state index in [1.165, 1.54) is 12.8 Å². The Kier molecular flexibility index (Phi) is 2.47. The minimum absolute atomic E-state index is 0.160. The van der Waals surface area contributed by atoms with Crippen molar-refractivity contribution in [3.63, 3.8) is 0 Å². The van der Waals surface area contributed by atoms with Crippen molar-refractivity contribution in [2.24, 2.45) is 0 Å². The molecule has 0 bridgehead atoms. The Morgan fingerprint density at radius 1 is 1.35 bits per heavy atom. The lowest BCUT2D eigenvalue weighted by atomic mass is 10.2. The van der Waals surface area contributed by atoms with Crippen molar-refractivity contribution < 1.29 is 9.21 Å². The second-order valence-corrected chi connectivity index (χ2v) is 5.37. The van der Waals surface area contributed by atoms with Gasteiger partial charge in [-0.05, 0) is 36.6 Å². The average Bonchev–Trinajstić information content (AvgIpc) is 3.05. The molecule has 0 amide bonds. The van der Waals surface area contributed by atoms with Gasteiger partial charge in [0.1, 0.15) is 11.3 Å². The Bertz CT molecular complexity index is 814. The summed E-state index contributed by atoms with van der Waals surface area (Å²) in [5.74, 6) is 0.720. The number of rotatable bonds is 3. The number of fused-ring (bicyclic) bond motifs is 1. The van der Waals surface area contributed by atoms with Crippen molar-refractivity contribution in [3.8, 4) is 5.69 Å². The molecule has 0 spiro atoms. The van der Waals surface area contributed by atoms with E-state index >= 15 is 0 Å². The highest BCUT2D eigenvalue weighted by Gasteiger charge is 2.27. The topological polar surface area (TPSA) is 48.0 Å². The molecule has 2 aromatic heterocycles. The summed E-state index contributed by atoms with van der Waals surface area (Å²) in [5.41, 5.74) is 2.37. The summed E-state index contributed by atoms with van der Waals surface area (Å²) in [4.78, 5) is 16.0. The van der Waals surface area contributed by atoms with E-state index in [4.69, 9.17) is 16.0 Å². The standard InChI is InChI=1S/C15H11ClN2O2/c16-15(19)14-13(10-3-1-2-4-12(10)20-14)18-7-11(17-8-18)9-5-6-9/h1-4,7-9H,5-6H2. The van der Waals surface area contributed by atoms with Crippen LogP contribution in [0.15, 0.2) is 41.2 Å². The normalized spacial score (nSPS) is 14.8. The lowest BCUT2D eigenvalue weighted by Gasteiger charge is -2.00. The third kappa shape index (κ3) is 1.76. The maximum atomic E-state index is 11.6. The van der Waals surface area contributed by atoms with Gasteiger partial charge in [0.15, 0.2) is 0 Å². The van der Waals surface area contributed by atoms with Crippen LogP contribution in [-0.4, -0.2) is 14.8 Å². The fourth-order valence-corrected chi connectivity index (χ4v) is 2.60. The van der Waals surface area contributed by atoms with Gasteiger partial charge in [-0.15, -0.1) is 0 Å². The minimum Gasteiger partial charge on any atom is -0.449 e. The number of furan rings is 1. The number of hydrogen-bond acceptors (Lipinski definition) is 3. The highest BCUT2D eigenvalue weighted by atomic mass is 35.5. The first-order chi connectivity index (χ1) is 9.74. The van der Waals surface area contributed by atoms with E-state index in [-0.39, 0.29) is 5.76 Å². The van der Waals surface area contributed by atoms with E-state index in [9.17, 15) is 4.79 Å². The van der Waals surface area contributed by atoms with Gasteiger partial charge in [0.25, 0.3) is 5.24 Å². The molecule has 1 aliphatic rings. The molecule has 1 fully saturated rings. The molecule has 1 aromatic carbocycles. The molecule has 5 heteroatoms. The molecule has 4 nitrogen and oxygen atoms in total. The second kappa shape index (κ2) is 4.21. The third-order valence-electron chi connectivity index (χ3n) is 3.60. The Balaban J connectivity index is 1.95. The van der Waals surface area contributed by atoms with Crippen LogP contribution in [0.25, 0.3) is 16.7 Å². The maximum absolute atomic E-state index is 11.6. The molecule has 2 heterocycles. The maximum Gasteiger partial charge on any atom is 0.290 e. The molecule has 3 aromatic rings. The predicted molar refractivity (Wildman–Crippen MR) is 75.5 cm³/mol. The minimum atomic E-state index is -0.599. The quantitative estimate of drug-likeness (QED) is 0.687. The molecule has 4 rings (SSSR count). The Morgan fingerprint density at radius 3 is 2.90 bits per heavy atom. The van der Waals surface area contributed by atoms with Crippen LogP contribution < -0.4 is 0 Å². The van der Waals surface area contributed by atoms with Crippen molar-refractivity contribution in [1.82, 2.24) is 9.55 Å². The van der Waals surface area contributed by atoms with Gasteiger partial charge < -0.3 is 8.98 Å². The zero-order valence-corrected chi connectivity index (χ0v) is 11.3. The van der Waals surface area contributed by atoms with Crippen molar-refractivity contribution in [1.29, 1.82) is 0 Å². The summed E-state index contributed by atoms with van der Waals surface area (Å²) in [7, 11) is 0. The molecular weight excluding hydrogens is 276 g/mol. The number of imidazole rings is 1. The van der Waals surface area contributed by atoms with Crippen LogP contribution in [0.2, 0.25) is 0 Å². The Labute approximate surface area is 120 Å². The van der Waals surface area contributed by atoms with Crippen LogP contribution >= 0.6 is 11.6 Å². The summed E-state index contributed by atoms with van der Waals surface area (Å²) in [6, 6.07) is 7.50. The van der Waals surface area contributed by atoms with E-state index in [0.29, 0.717) is 17.2 Å². The third-order valence-corrected chi connectivity index (χ3v) is 3.78. The summed E-state index contributed by atoms with van der Waals surface area (Å²) in [6.07, 6.45) is 6.04. The molecule has 100 valence electrons. The molecule has 0 atom stereocenters. The molecule has 0 aliphatic heterocycles. The second-order valence-electron chi connectivity index (χ2n) is 5.03. The van der Waals surface area contributed by atoms with E-state index in [1.54, 1.807) is 6.33 Å². The van der Waals surface area contributed by atoms with Crippen molar-refractivity contribution in [3.05, 3.63) is 48.2 Å². The number of carbonyl (C=O) groups is 1. The van der Waals surface area contributed by atoms with E-state index in [0.717, 1.165) is 11.1 Å². The summed E-state index contributed by atoms with van der Waals surface area (Å²) >= 11 is 5.64. The van der Waals surface area contributed by atoms with Gasteiger partial charge in [-0.2, -0.15) is 0 Å². The smallest absolute Gasteiger partial charge is 0.290 e. The zero-order valence-electron chi connectivity index (χ0n) is 10.5. The highest BCUT2D eigenvalue weighted by molar-refractivity contribution is 6.67. The molecule has 0 radical (unpaired) electrons. The number of carbonyl (C=O) groups excluding carboxylic acids is 1. The first kappa shape index (κ1) is 11.7. The Hall–Kier alpha value is -2.07. The SMILES string of the molecule is O=C(Cl)c1oc2ccccc2c1-n1cnc(C2CC2)c1. The Morgan fingerprint density at radius 2 is 2.15 bits per heavy atom. The van der Waals surface area contributed by atoms with Crippen LogP contribution in [-0.2, 0) is 0 Å². The number of nitrogens with zero attached hydrogens (tertiary/aromatic N) is 2. The number of para-hydroxylation sites is 1. The largest absolute Gasteiger partial charge is 0.449 e. The van der Waals surface area contributed by atoms with Crippen molar-refractivity contribution in [2.75, 3.05) is 0 Å². The van der Waals surface area contributed by atoms with Crippen LogP contribution in [0.5, 0.6) is 0 Å². The van der Waals surface area contributed by atoms with Gasteiger partial charge in [-0.1, -0.05) is 12.1 Å².